The normalized spacial score (nSPS) is 26.9. The molecule has 0 aromatic carbocycles. The van der Waals surface area contributed by atoms with Gasteiger partial charge < -0.3 is 5.32 Å². The molecule has 1 aliphatic rings. The van der Waals surface area contributed by atoms with Gasteiger partial charge in [-0.2, -0.15) is 5.10 Å². The Morgan fingerprint density at radius 1 is 1.44 bits per heavy atom. The SMILES string of the molecule is FC(F)(F)O[C@@H]1CCN[C@H](c2ccn[nH]2)C1. The molecule has 1 aliphatic heterocycles. The van der Waals surface area contributed by atoms with Crippen molar-refractivity contribution in [2.75, 3.05) is 6.54 Å². The Kier molecular flexibility index (Phi) is 3.15. The first kappa shape index (κ1) is 11.4. The molecular formula is C9H12F3N3O. The minimum atomic E-state index is -4.56. The van der Waals surface area contributed by atoms with Crippen molar-refractivity contribution < 1.29 is 17.9 Å². The zero-order valence-electron chi connectivity index (χ0n) is 8.42. The average Bonchev–Trinajstić information content (AvgIpc) is 2.68. The zero-order valence-corrected chi connectivity index (χ0v) is 8.42. The fourth-order valence-electron chi connectivity index (χ4n) is 1.88. The molecule has 1 aromatic rings. The number of H-pyrrole nitrogens is 1. The predicted molar refractivity (Wildman–Crippen MR) is 49.5 cm³/mol. The molecule has 0 unspecified atom stereocenters. The number of aromatic amines is 1. The molecule has 2 heterocycles. The van der Waals surface area contributed by atoms with E-state index >= 15 is 0 Å². The molecule has 2 rings (SSSR count). The van der Waals surface area contributed by atoms with Crippen molar-refractivity contribution in [1.82, 2.24) is 15.5 Å². The summed E-state index contributed by atoms with van der Waals surface area (Å²) in [5.74, 6) is 0. The number of alkyl halides is 3. The number of aromatic nitrogens is 2. The topological polar surface area (TPSA) is 49.9 Å². The second-order valence-corrected chi connectivity index (χ2v) is 3.73. The maximum absolute atomic E-state index is 12.0. The quantitative estimate of drug-likeness (QED) is 0.820. The summed E-state index contributed by atoms with van der Waals surface area (Å²) in [6, 6.07) is 1.59. The fraction of sp³-hybridized carbons (Fsp3) is 0.667. The number of halogens is 3. The van der Waals surface area contributed by atoms with Gasteiger partial charge in [0.15, 0.2) is 0 Å². The first-order valence-electron chi connectivity index (χ1n) is 5.02. The lowest BCUT2D eigenvalue weighted by molar-refractivity contribution is -0.345. The maximum Gasteiger partial charge on any atom is 0.522 e. The van der Waals surface area contributed by atoms with E-state index in [-0.39, 0.29) is 6.04 Å². The Hall–Kier alpha value is -1.08. The second-order valence-electron chi connectivity index (χ2n) is 3.73. The Labute approximate surface area is 90.2 Å². The summed E-state index contributed by atoms with van der Waals surface area (Å²) < 4.78 is 40.2. The molecule has 4 nitrogen and oxygen atoms in total. The van der Waals surface area contributed by atoms with Gasteiger partial charge in [0.25, 0.3) is 0 Å². The van der Waals surface area contributed by atoms with Crippen molar-refractivity contribution in [3.63, 3.8) is 0 Å². The minimum Gasteiger partial charge on any atom is -0.308 e. The van der Waals surface area contributed by atoms with Gasteiger partial charge in [0.1, 0.15) is 0 Å². The van der Waals surface area contributed by atoms with Crippen molar-refractivity contribution in [3.05, 3.63) is 18.0 Å². The second kappa shape index (κ2) is 4.42. The van der Waals surface area contributed by atoms with Gasteiger partial charge in [-0.3, -0.25) is 9.84 Å². The summed E-state index contributed by atoms with van der Waals surface area (Å²) in [5.41, 5.74) is 0.787. The van der Waals surface area contributed by atoms with Gasteiger partial charge >= 0.3 is 6.36 Å². The molecule has 1 aromatic heterocycles. The van der Waals surface area contributed by atoms with Gasteiger partial charge in [-0.1, -0.05) is 0 Å². The Morgan fingerprint density at radius 3 is 2.88 bits per heavy atom. The van der Waals surface area contributed by atoms with Crippen molar-refractivity contribution in [1.29, 1.82) is 0 Å². The predicted octanol–water partition coefficient (Wildman–Crippen LogP) is 1.74. The summed E-state index contributed by atoms with van der Waals surface area (Å²) in [6.07, 6.45) is -3.10. The van der Waals surface area contributed by atoms with Crippen molar-refractivity contribution >= 4 is 0 Å². The Balaban J connectivity index is 1.94. The van der Waals surface area contributed by atoms with Crippen LogP contribution in [0.4, 0.5) is 13.2 Å². The van der Waals surface area contributed by atoms with E-state index in [1.165, 1.54) is 0 Å². The van der Waals surface area contributed by atoms with Crippen LogP contribution in [0.2, 0.25) is 0 Å². The molecule has 7 heteroatoms. The Bertz CT molecular complexity index is 325. The van der Waals surface area contributed by atoms with E-state index in [0.29, 0.717) is 19.4 Å². The molecule has 1 saturated heterocycles. The maximum atomic E-state index is 12.0. The molecule has 0 amide bonds. The van der Waals surface area contributed by atoms with E-state index in [4.69, 9.17) is 0 Å². The van der Waals surface area contributed by atoms with Crippen LogP contribution in [-0.2, 0) is 4.74 Å². The molecular weight excluding hydrogens is 223 g/mol. The third-order valence-corrected chi connectivity index (χ3v) is 2.55. The summed E-state index contributed by atoms with van der Waals surface area (Å²) in [7, 11) is 0. The van der Waals surface area contributed by atoms with Crippen LogP contribution in [-0.4, -0.2) is 29.2 Å². The smallest absolute Gasteiger partial charge is 0.308 e. The van der Waals surface area contributed by atoms with Crippen LogP contribution >= 0.6 is 0 Å². The highest BCUT2D eigenvalue weighted by Gasteiger charge is 2.36. The van der Waals surface area contributed by atoms with Gasteiger partial charge in [-0.25, -0.2) is 0 Å². The summed E-state index contributed by atoms with van der Waals surface area (Å²) in [6.45, 7) is 0.504. The van der Waals surface area contributed by atoms with Crippen LogP contribution < -0.4 is 5.32 Å². The van der Waals surface area contributed by atoms with Crippen LogP contribution in [0.15, 0.2) is 12.3 Å². The molecule has 1 fully saturated rings. The van der Waals surface area contributed by atoms with Gasteiger partial charge in [0.05, 0.1) is 17.8 Å². The lowest BCUT2D eigenvalue weighted by Gasteiger charge is -2.29. The highest BCUT2D eigenvalue weighted by Crippen LogP contribution is 2.28. The third-order valence-electron chi connectivity index (χ3n) is 2.55. The fourth-order valence-corrected chi connectivity index (χ4v) is 1.88. The standard InChI is InChI=1S/C9H12F3N3O/c10-9(11,12)16-6-1-3-13-8(5-6)7-2-4-14-15-7/h2,4,6,8,13H,1,3,5H2,(H,14,15)/t6-,8+/m1/s1. The molecule has 16 heavy (non-hydrogen) atoms. The monoisotopic (exact) mass is 235 g/mol. The van der Waals surface area contributed by atoms with E-state index in [1.807, 2.05) is 0 Å². The molecule has 0 spiro atoms. The molecule has 90 valence electrons. The summed E-state index contributed by atoms with van der Waals surface area (Å²) in [5, 5.41) is 9.63. The number of piperidine rings is 1. The van der Waals surface area contributed by atoms with E-state index in [2.05, 4.69) is 20.3 Å². The summed E-state index contributed by atoms with van der Waals surface area (Å²) >= 11 is 0. The number of rotatable bonds is 2. The van der Waals surface area contributed by atoms with E-state index in [0.717, 1.165) is 5.69 Å². The number of hydrogen-bond donors (Lipinski definition) is 2. The molecule has 0 bridgehead atoms. The van der Waals surface area contributed by atoms with Gasteiger partial charge in [0, 0.05) is 6.20 Å². The molecule has 0 radical (unpaired) electrons. The van der Waals surface area contributed by atoms with Crippen LogP contribution in [0.1, 0.15) is 24.6 Å². The number of nitrogens with zero attached hydrogens (tertiary/aromatic N) is 1. The summed E-state index contributed by atoms with van der Waals surface area (Å²) in [4.78, 5) is 0. The minimum absolute atomic E-state index is 0.149. The lowest BCUT2D eigenvalue weighted by Crippen LogP contribution is -2.38. The number of ether oxygens (including phenoxy) is 1. The van der Waals surface area contributed by atoms with Crippen molar-refractivity contribution in [2.24, 2.45) is 0 Å². The molecule has 2 atom stereocenters. The zero-order chi connectivity index (χ0) is 11.6. The van der Waals surface area contributed by atoms with E-state index < -0.39 is 12.5 Å². The first-order valence-corrected chi connectivity index (χ1v) is 5.02. The van der Waals surface area contributed by atoms with Crippen LogP contribution in [0.25, 0.3) is 0 Å². The van der Waals surface area contributed by atoms with Crippen molar-refractivity contribution in [2.45, 2.75) is 31.3 Å². The van der Waals surface area contributed by atoms with Crippen LogP contribution in [0, 0.1) is 0 Å². The van der Waals surface area contributed by atoms with Crippen molar-refractivity contribution in [3.8, 4) is 0 Å². The number of nitrogens with one attached hydrogen (secondary N) is 2. The molecule has 2 N–H and O–H groups in total. The van der Waals surface area contributed by atoms with E-state index in [9.17, 15) is 13.2 Å². The van der Waals surface area contributed by atoms with Crippen LogP contribution in [0.5, 0.6) is 0 Å². The lowest BCUT2D eigenvalue weighted by atomic mass is 9.99. The highest BCUT2D eigenvalue weighted by molar-refractivity contribution is 5.06. The van der Waals surface area contributed by atoms with Gasteiger partial charge in [-0.15, -0.1) is 13.2 Å². The Morgan fingerprint density at radius 2 is 2.25 bits per heavy atom. The number of hydrogen-bond acceptors (Lipinski definition) is 3. The highest BCUT2D eigenvalue weighted by atomic mass is 19.4. The largest absolute Gasteiger partial charge is 0.522 e. The molecule has 0 saturated carbocycles. The molecule has 0 aliphatic carbocycles. The van der Waals surface area contributed by atoms with Gasteiger partial charge in [0.2, 0.25) is 0 Å². The first-order chi connectivity index (χ1) is 7.54. The average molecular weight is 235 g/mol. The van der Waals surface area contributed by atoms with E-state index in [1.54, 1.807) is 12.3 Å². The van der Waals surface area contributed by atoms with Gasteiger partial charge in [-0.05, 0) is 25.5 Å². The van der Waals surface area contributed by atoms with Crippen LogP contribution in [0.3, 0.4) is 0 Å². The third kappa shape index (κ3) is 2.96.